The van der Waals surface area contributed by atoms with Gasteiger partial charge in [-0.3, -0.25) is 4.98 Å². The van der Waals surface area contributed by atoms with Crippen LogP contribution in [0.1, 0.15) is 11.3 Å². The predicted molar refractivity (Wildman–Crippen MR) is 102 cm³/mol. The minimum absolute atomic E-state index is 0.794. The van der Waals surface area contributed by atoms with Crippen LogP contribution in [0.2, 0.25) is 0 Å². The zero-order valence-corrected chi connectivity index (χ0v) is 14.4. The third kappa shape index (κ3) is 4.07. The van der Waals surface area contributed by atoms with Crippen LogP contribution in [0.25, 0.3) is 11.0 Å². The first-order valence-corrected chi connectivity index (χ1v) is 8.67. The lowest BCUT2D eigenvalue weighted by molar-refractivity contribution is 0.483. The molecule has 0 atom stereocenters. The molecule has 0 aliphatic carbocycles. The summed E-state index contributed by atoms with van der Waals surface area (Å²) in [6.45, 7) is 1.73. The molecule has 5 nitrogen and oxygen atoms in total. The number of pyridine rings is 1. The Kier molecular flexibility index (Phi) is 4.89. The van der Waals surface area contributed by atoms with Crippen molar-refractivity contribution < 1.29 is 4.74 Å². The number of hydrogen-bond acceptors (Lipinski definition) is 4. The minimum atomic E-state index is 0.794. The molecule has 0 radical (unpaired) electrons. The number of benzene rings is 2. The Morgan fingerprint density at radius 3 is 2.65 bits per heavy atom. The summed E-state index contributed by atoms with van der Waals surface area (Å²) in [5.41, 5.74) is 4.24. The number of nitrogens with zero attached hydrogens (tertiary/aromatic N) is 2. The topological polar surface area (TPSA) is 62.8 Å². The number of aromatic nitrogens is 3. The van der Waals surface area contributed by atoms with E-state index in [1.54, 1.807) is 6.33 Å². The highest BCUT2D eigenvalue weighted by Gasteiger charge is 2.02. The van der Waals surface area contributed by atoms with Gasteiger partial charge >= 0.3 is 0 Å². The lowest BCUT2D eigenvalue weighted by Crippen LogP contribution is -2.17. The Bertz CT molecular complexity index is 964. The number of imidazole rings is 1. The van der Waals surface area contributed by atoms with Gasteiger partial charge in [0.2, 0.25) is 0 Å². The van der Waals surface area contributed by atoms with E-state index in [-0.39, 0.29) is 0 Å². The highest BCUT2D eigenvalue weighted by atomic mass is 16.5. The zero-order chi connectivity index (χ0) is 17.6. The quantitative estimate of drug-likeness (QED) is 0.496. The first-order valence-electron chi connectivity index (χ1n) is 8.67. The maximum atomic E-state index is 5.92. The first-order chi connectivity index (χ1) is 12.9. The lowest BCUT2D eigenvalue weighted by Gasteiger charge is -2.08. The van der Waals surface area contributed by atoms with Crippen LogP contribution in [-0.4, -0.2) is 21.5 Å². The van der Waals surface area contributed by atoms with E-state index in [0.29, 0.717) is 0 Å². The molecule has 0 unspecified atom stereocenters. The summed E-state index contributed by atoms with van der Waals surface area (Å²) < 4.78 is 5.92. The van der Waals surface area contributed by atoms with Gasteiger partial charge < -0.3 is 15.0 Å². The van der Waals surface area contributed by atoms with Gasteiger partial charge in [0, 0.05) is 37.5 Å². The number of hydrogen-bond donors (Lipinski definition) is 2. The molecule has 0 amide bonds. The molecule has 2 heterocycles. The molecule has 0 bridgehead atoms. The maximum Gasteiger partial charge on any atom is 0.129 e. The molecule has 4 aromatic rings. The zero-order valence-electron chi connectivity index (χ0n) is 14.4. The monoisotopic (exact) mass is 344 g/mol. The molecular formula is C21H20N4O. The van der Waals surface area contributed by atoms with Gasteiger partial charge in [0.1, 0.15) is 11.5 Å². The van der Waals surface area contributed by atoms with E-state index < -0.39 is 0 Å². The number of rotatable bonds is 7. The van der Waals surface area contributed by atoms with Crippen LogP contribution in [0.5, 0.6) is 11.5 Å². The minimum Gasteiger partial charge on any atom is -0.457 e. The van der Waals surface area contributed by atoms with Crippen LogP contribution >= 0.6 is 0 Å². The van der Waals surface area contributed by atoms with E-state index in [4.69, 9.17) is 4.74 Å². The molecule has 0 spiro atoms. The van der Waals surface area contributed by atoms with Crippen molar-refractivity contribution in [2.45, 2.75) is 13.0 Å². The highest BCUT2D eigenvalue weighted by molar-refractivity contribution is 5.76. The highest BCUT2D eigenvalue weighted by Crippen LogP contribution is 2.24. The summed E-state index contributed by atoms with van der Waals surface area (Å²) in [6, 6.07) is 20.0. The second-order valence-electron chi connectivity index (χ2n) is 6.08. The number of nitrogens with one attached hydrogen (secondary N) is 2. The van der Waals surface area contributed by atoms with Crippen molar-refractivity contribution in [3.63, 3.8) is 0 Å². The number of ether oxygens (including phenoxy) is 1. The number of fused-ring (bicyclic) bond motifs is 1. The first kappa shape index (κ1) is 16.3. The van der Waals surface area contributed by atoms with Crippen LogP contribution in [0.15, 0.2) is 73.2 Å². The van der Waals surface area contributed by atoms with Crippen LogP contribution in [0, 0.1) is 0 Å². The van der Waals surface area contributed by atoms with Gasteiger partial charge in [0.15, 0.2) is 0 Å². The van der Waals surface area contributed by atoms with Gasteiger partial charge in [-0.05, 0) is 42.0 Å². The van der Waals surface area contributed by atoms with Crippen molar-refractivity contribution in [1.82, 2.24) is 20.3 Å². The van der Waals surface area contributed by atoms with Gasteiger partial charge in [-0.2, -0.15) is 0 Å². The number of H-pyrrole nitrogens is 1. The largest absolute Gasteiger partial charge is 0.457 e. The van der Waals surface area contributed by atoms with E-state index in [1.807, 2.05) is 48.7 Å². The van der Waals surface area contributed by atoms with Crippen molar-refractivity contribution in [3.8, 4) is 11.5 Å². The molecule has 26 heavy (non-hydrogen) atoms. The molecule has 4 rings (SSSR count). The summed E-state index contributed by atoms with van der Waals surface area (Å²) in [4.78, 5) is 11.6. The normalized spacial score (nSPS) is 10.9. The Morgan fingerprint density at radius 1 is 0.923 bits per heavy atom. The lowest BCUT2D eigenvalue weighted by atomic mass is 10.2. The third-order valence-electron chi connectivity index (χ3n) is 4.16. The van der Waals surface area contributed by atoms with Gasteiger partial charge in [-0.1, -0.05) is 18.2 Å². The molecule has 0 saturated heterocycles. The number of aromatic amines is 1. The third-order valence-corrected chi connectivity index (χ3v) is 4.16. The Balaban J connectivity index is 1.29. The fourth-order valence-corrected chi connectivity index (χ4v) is 2.78. The van der Waals surface area contributed by atoms with E-state index in [2.05, 4.69) is 38.5 Å². The molecule has 0 aliphatic heterocycles. The average Bonchev–Trinajstić information content (AvgIpc) is 3.15. The van der Waals surface area contributed by atoms with E-state index >= 15 is 0 Å². The van der Waals surface area contributed by atoms with E-state index in [0.717, 1.165) is 47.7 Å². The van der Waals surface area contributed by atoms with Gasteiger partial charge in [-0.15, -0.1) is 0 Å². The van der Waals surface area contributed by atoms with Crippen LogP contribution < -0.4 is 10.1 Å². The summed E-state index contributed by atoms with van der Waals surface area (Å²) in [7, 11) is 0. The van der Waals surface area contributed by atoms with Gasteiger partial charge in [0.25, 0.3) is 0 Å². The predicted octanol–water partition coefficient (Wildman–Crippen LogP) is 4.08. The molecule has 2 aromatic carbocycles. The van der Waals surface area contributed by atoms with Crippen molar-refractivity contribution in [3.05, 3.63) is 84.4 Å². The molecule has 5 heteroatoms. The fourth-order valence-electron chi connectivity index (χ4n) is 2.78. The van der Waals surface area contributed by atoms with Gasteiger partial charge in [-0.25, -0.2) is 4.98 Å². The average molecular weight is 344 g/mol. The van der Waals surface area contributed by atoms with E-state index in [1.165, 1.54) is 5.56 Å². The molecule has 130 valence electrons. The van der Waals surface area contributed by atoms with Crippen molar-refractivity contribution in [2.75, 3.05) is 6.54 Å². The molecular weight excluding hydrogens is 324 g/mol. The summed E-state index contributed by atoms with van der Waals surface area (Å²) in [5, 5.41) is 3.44. The molecule has 2 aromatic heterocycles. The molecule has 0 saturated carbocycles. The van der Waals surface area contributed by atoms with Crippen molar-refractivity contribution in [1.29, 1.82) is 0 Å². The Labute approximate surface area is 152 Å². The second-order valence-corrected chi connectivity index (χ2v) is 6.08. The molecule has 0 aliphatic rings. The molecule has 2 N–H and O–H groups in total. The van der Waals surface area contributed by atoms with Crippen LogP contribution in [0.3, 0.4) is 0 Å². The Hall–Kier alpha value is -3.18. The van der Waals surface area contributed by atoms with Gasteiger partial charge in [0.05, 0.1) is 17.4 Å². The maximum absolute atomic E-state index is 5.92. The Morgan fingerprint density at radius 2 is 1.81 bits per heavy atom. The van der Waals surface area contributed by atoms with Crippen molar-refractivity contribution >= 4 is 11.0 Å². The van der Waals surface area contributed by atoms with E-state index in [9.17, 15) is 0 Å². The summed E-state index contributed by atoms with van der Waals surface area (Å²) in [5.74, 6) is 1.61. The summed E-state index contributed by atoms with van der Waals surface area (Å²) in [6.07, 6.45) is 4.44. The second kappa shape index (κ2) is 7.80. The van der Waals surface area contributed by atoms with Crippen LogP contribution in [0.4, 0.5) is 0 Å². The fraction of sp³-hybridized carbons (Fsp3) is 0.143. The molecule has 0 fully saturated rings. The van der Waals surface area contributed by atoms with Crippen molar-refractivity contribution in [2.24, 2.45) is 0 Å². The standard InChI is InChI=1S/C21H20N4O/c1-2-11-23-17(3-1)10-12-22-14-16-4-6-18(7-5-16)26-19-8-9-20-21(13-19)25-15-24-20/h1-9,11,13,15,22H,10,12,14H2,(H,24,25). The SMILES string of the molecule is c1ccc(CCNCc2ccc(Oc3ccc4nc[nH]c4c3)cc2)nc1. The smallest absolute Gasteiger partial charge is 0.129 e. The summed E-state index contributed by atoms with van der Waals surface area (Å²) >= 11 is 0. The van der Waals surface area contributed by atoms with Crippen LogP contribution in [-0.2, 0) is 13.0 Å².